The van der Waals surface area contributed by atoms with Crippen molar-refractivity contribution in [1.29, 1.82) is 0 Å². The lowest BCUT2D eigenvalue weighted by atomic mass is 9.81. The summed E-state index contributed by atoms with van der Waals surface area (Å²) in [5.41, 5.74) is 15.5. The van der Waals surface area contributed by atoms with Crippen molar-refractivity contribution in [2.24, 2.45) is 0 Å². The molecule has 0 N–H and O–H groups in total. The second-order valence-electron chi connectivity index (χ2n) is 23.4. The summed E-state index contributed by atoms with van der Waals surface area (Å²) in [4.78, 5) is 58.3. The van der Waals surface area contributed by atoms with Gasteiger partial charge in [-0.3, -0.25) is 0 Å². The maximum Gasteiger partial charge on any atom is 0.343 e. The number of ether oxygens (including phenoxy) is 4. The Kier molecular flexibility index (Phi) is 17.0. The molecule has 4 atom stereocenters. The van der Waals surface area contributed by atoms with E-state index in [0.717, 1.165) is 66.8 Å². The molecule has 92 heavy (non-hydrogen) atoms. The van der Waals surface area contributed by atoms with Crippen molar-refractivity contribution in [3.63, 3.8) is 0 Å². The molecule has 0 radical (unpaired) electrons. The fourth-order valence-electron chi connectivity index (χ4n) is 12.2. The van der Waals surface area contributed by atoms with Crippen molar-refractivity contribution >= 4 is 23.9 Å². The molecule has 0 amide bonds. The average molecular weight is 1200 g/mol. The van der Waals surface area contributed by atoms with Crippen molar-refractivity contribution in [1.82, 2.24) is 0 Å². The Balaban J connectivity index is 0.933. The van der Waals surface area contributed by atoms with Gasteiger partial charge in [0.1, 0.15) is 23.0 Å². The molecule has 8 bridgehead atoms. The molecule has 1 aliphatic carbocycles. The first kappa shape index (κ1) is 59.5. The van der Waals surface area contributed by atoms with Gasteiger partial charge in [0.15, 0.2) is 0 Å². The molecule has 4 unspecified atom stereocenters. The van der Waals surface area contributed by atoms with Gasteiger partial charge in [0, 0.05) is 58.1 Å². The largest absolute Gasteiger partial charge is 0.422 e. The van der Waals surface area contributed by atoms with Gasteiger partial charge < -0.3 is 18.9 Å². The van der Waals surface area contributed by atoms with Gasteiger partial charge in [0.25, 0.3) is 0 Å². The Morgan fingerprint density at radius 1 is 0.217 bits per heavy atom. The summed E-state index contributed by atoms with van der Waals surface area (Å²) in [7, 11) is 0. The summed E-state index contributed by atoms with van der Waals surface area (Å²) >= 11 is 0. The summed E-state index contributed by atoms with van der Waals surface area (Å²) in [5.74, 6) is -3.10. The van der Waals surface area contributed by atoms with Crippen LogP contribution in [0, 0.1) is 0 Å². The normalized spacial score (nSPS) is 14.9. The third kappa shape index (κ3) is 12.7. The zero-order valence-corrected chi connectivity index (χ0v) is 51.3. The van der Waals surface area contributed by atoms with Gasteiger partial charge in [-0.05, 0) is 127 Å². The molecule has 1 aliphatic rings. The maximum absolute atomic E-state index is 14.6. The summed E-state index contributed by atoms with van der Waals surface area (Å²) in [6.45, 7) is 8.27. The Bertz CT molecular complexity index is 4080. The van der Waals surface area contributed by atoms with Gasteiger partial charge >= 0.3 is 23.9 Å². The number of esters is 4. The van der Waals surface area contributed by atoms with E-state index in [-0.39, 0.29) is 23.0 Å². The molecular weight excluding hydrogens is 1140 g/mol. The lowest BCUT2D eigenvalue weighted by molar-refractivity contribution is 0.0711. The average Bonchev–Trinajstić information content (AvgIpc) is 0.858. The highest BCUT2D eigenvalue weighted by Crippen LogP contribution is 2.46. The fourth-order valence-corrected chi connectivity index (χ4v) is 12.2. The van der Waals surface area contributed by atoms with Crippen LogP contribution in [-0.2, 0) is 0 Å². The molecule has 0 heterocycles. The van der Waals surface area contributed by atoms with Gasteiger partial charge in [-0.2, -0.15) is 0 Å². The molecule has 0 saturated carbocycles. The van der Waals surface area contributed by atoms with Crippen LogP contribution < -0.4 is 18.9 Å². The lowest BCUT2D eigenvalue weighted by Gasteiger charge is -2.26. The van der Waals surface area contributed by atoms with Gasteiger partial charge in [-0.25, -0.2) is 19.2 Å². The fraction of sp³-hybridized carbons (Fsp3) is 0.0952. The Hall–Kier alpha value is -11.5. The number of carbonyl (C=O) groups is 4. The zero-order valence-electron chi connectivity index (χ0n) is 51.3. The predicted molar refractivity (Wildman–Crippen MR) is 363 cm³/mol. The highest BCUT2D eigenvalue weighted by molar-refractivity contribution is 5.95. The third-order valence-electron chi connectivity index (χ3n) is 17.7. The van der Waals surface area contributed by atoms with E-state index < -0.39 is 47.5 Å². The minimum Gasteiger partial charge on any atom is -0.422 e. The van der Waals surface area contributed by atoms with Gasteiger partial charge in [-0.15, -0.1) is 0 Å². The number of hydrogen-bond donors (Lipinski definition) is 0. The molecule has 12 aromatic rings. The Labute approximate surface area is 536 Å². The topological polar surface area (TPSA) is 105 Å². The minimum absolute atomic E-state index is 0.225. The minimum atomic E-state index is -0.584. The van der Waals surface area contributed by atoms with Crippen LogP contribution in [0.2, 0.25) is 0 Å². The first-order chi connectivity index (χ1) is 44.9. The number of carbonyl (C=O) groups excluding carboxylic acids is 4. The summed E-state index contributed by atoms with van der Waals surface area (Å²) in [6.07, 6.45) is 0. The van der Waals surface area contributed by atoms with E-state index >= 15 is 0 Å². The lowest BCUT2D eigenvalue weighted by Crippen LogP contribution is -2.16. The molecule has 13 rings (SSSR count). The number of benzene rings is 12. The molecule has 0 fully saturated rings. The SMILES string of the molecule is CC1c2cccc(c2)C(C)c2cc(c(OC(=O)c3ccc(-c4ccccc4)cc3)cc2OC(=O)c2ccc(-c3ccccc3)cc2)C(C)c2cccc(c2)C(C)c2cc1c(OC(=O)c1ccc(-c3ccccc3)cc1)cc2OC(=O)c1ccc(-c2ccccc2)cc1. The van der Waals surface area contributed by atoms with Crippen molar-refractivity contribution in [3.8, 4) is 67.5 Å². The maximum atomic E-state index is 14.6. The van der Waals surface area contributed by atoms with E-state index in [0.29, 0.717) is 44.5 Å². The number of fused-ring (bicyclic) bond motifs is 8. The highest BCUT2D eigenvalue weighted by atomic mass is 16.6. The van der Waals surface area contributed by atoms with Gasteiger partial charge in [0.05, 0.1) is 22.3 Å². The van der Waals surface area contributed by atoms with E-state index in [1.807, 2.05) is 218 Å². The molecule has 12 aromatic carbocycles. The van der Waals surface area contributed by atoms with Crippen LogP contribution in [0.4, 0.5) is 0 Å². The van der Waals surface area contributed by atoms with Crippen LogP contribution in [0.1, 0.15) is 137 Å². The standard InChI is InChI=1S/C84H64O8/c1-53-69-27-17-28-70(47-69)54(2)75-50-76(80(92-84(88)68-45-37-64(38-46-68)60-25-15-8-16-26-60)52-79(75)91-83(87)67-43-35-63(36-44-67)59-23-13-7-14-24-59)56(4)72-30-18-29-71(48-72)55(3)74-49-73(53)77(89-81(85)65-39-31-61(32-40-65)57-19-9-5-10-20-57)51-78(74)90-82(86)66-41-33-62(34-42-66)58-21-11-6-12-22-58/h5-56H,1-4H3. The zero-order chi connectivity index (χ0) is 63.2. The van der Waals surface area contributed by atoms with E-state index in [2.05, 4.69) is 39.8 Å². The van der Waals surface area contributed by atoms with Crippen LogP contribution >= 0.6 is 0 Å². The Morgan fingerprint density at radius 2 is 0.413 bits per heavy atom. The second-order valence-corrected chi connectivity index (χ2v) is 23.4. The molecule has 0 aromatic heterocycles. The van der Waals surface area contributed by atoms with Crippen molar-refractivity contribution in [2.75, 3.05) is 0 Å². The van der Waals surface area contributed by atoms with E-state index in [9.17, 15) is 19.2 Å². The van der Waals surface area contributed by atoms with Crippen LogP contribution in [0.3, 0.4) is 0 Å². The van der Waals surface area contributed by atoms with E-state index in [4.69, 9.17) is 18.9 Å². The summed E-state index contributed by atoms with van der Waals surface area (Å²) in [5, 5.41) is 0. The molecule has 0 aliphatic heterocycles. The molecule has 448 valence electrons. The smallest absolute Gasteiger partial charge is 0.343 e. The predicted octanol–water partition coefficient (Wildman–Crippen LogP) is 20.2. The quantitative estimate of drug-likeness (QED) is 0.0880. The van der Waals surface area contributed by atoms with E-state index in [1.165, 1.54) is 0 Å². The molecule has 0 saturated heterocycles. The van der Waals surface area contributed by atoms with Crippen molar-refractivity contribution in [3.05, 3.63) is 358 Å². The van der Waals surface area contributed by atoms with Gasteiger partial charge in [0.2, 0.25) is 0 Å². The number of rotatable bonds is 12. The third-order valence-corrected chi connectivity index (χ3v) is 17.7. The Morgan fingerprint density at radius 3 is 0.620 bits per heavy atom. The van der Waals surface area contributed by atoms with E-state index in [1.54, 1.807) is 60.7 Å². The molecule has 8 nitrogen and oxygen atoms in total. The van der Waals surface area contributed by atoms with Crippen LogP contribution in [-0.4, -0.2) is 23.9 Å². The van der Waals surface area contributed by atoms with Gasteiger partial charge in [-0.1, -0.05) is 246 Å². The second kappa shape index (κ2) is 26.3. The van der Waals surface area contributed by atoms with Crippen LogP contribution in [0.25, 0.3) is 44.5 Å². The van der Waals surface area contributed by atoms with Crippen molar-refractivity contribution in [2.45, 2.75) is 51.4 Å². The first-order valence-electron chi connectivity index (χ1n) is 30.9. The number of hydrogen-bond acceptors (Lipinski definition) is 8. The summed E-state index contributed by atoms with van der Waals surface area (Å²) in [6, 6.07) is 92.8. The molecular formula is C84H64O8. The molecule has 8 heteroatoms. The monoisotopic (exact) mass is 1200 g/mol. The van der Waals surface area contributed by atoms with Crippen LogP contribution in [0.5, 0.6) is 23.0 Å². The van der Waals surface area contributed by atoms with Crippen molar-refractivity contribution < 1.29 is 38.1 Å². The van der Waals surface area contributed by atoms with Crippen LogP contribution in [0.15, 0.2) is 291 Å². The first-order valence-corrected chi connectivity index (χ1v) is 30.9. The molecule has 0 spiro atoms. The summed E-state index contributed by atoms with van der Waals surface area (Å²) < 4.78 is 26.1. The highest BCUT2D eigenvalue weighted by Gasteiger charge is 2.30.